The van der Waals surface area contributed by atoms with Gasteiger partial charge in [0.15, 0.2) is 0 Å². The molecule has 1 aromatic carbocycles. The standard InChI is InChI=1S/C14H13N3O2S/c1-2-12-4-5-13(20-12)9-16-14-6-3-11(17(18)19)7-10(14)8-15/h3-7,16H,2,9H2,1H3. The third-order valence-corrected chi connectivity index (χ3v) is 4.08. The maximum absolute atomic E-state index is 10.7. The Balaban J connectivity index is 2.13. The summed E-state index contributed by atoms with van der Waals surface area (Å²) in [5.74, 6) is 0. The van der Waals surface area contributed by atoms with E-state index in [2.05, 4.69) is 18.3 Å². The SMILES string of the molecule is CCc1ccc(CNc2ccc([N+](=O)[O-])cc2C#N)s1. The van der Waals surface area contributed by atoms with Crippen LogP contribution in [-0.4, -0.2) is 4.92 Å². The second-order valence-corrected chi connectivity index (χ2v) is 5.43. The highest BCUT2D eigenvalue weighted by Crippen LogP contribution is 2.23. The van der Waals surface area contributed by atoms with Gasteiger partial charge < -0.3 is 5.32 Å². The molecule has 102 valence electrons. The van der Waals surface area contributed by atoms with Crippen molar-refractivity contribution in [2.75, 3.05) is 5.32 Å². The molecule has 2 rings (SSSR count). The molecule has 0 radical (unpaired) electrons. The van der Waals surface area contributed by atoms with Crippen LogP contribution in [0.1, 0.15) is 22.2 Å². The van der Waals surface area contributed by atoms with Gasteiger partial charge in [-0.05, 0) is 24.6 Å². The maximum Gasteiger partial charge on any atom is 0.270 e. The van der Waals surface area contributed by atoms with Crippen molar-refractivity contribution >= 4 is 22.7 Å². The van der Waals surface area contributed by atoms with Gasteiger partial charge in [0.05, 0.1) is 16.2 Å². The largest absolute Gasteiger partial charge is 0.379 e. The molecular weight excluding hydrogens is 274 g/mol. The molecule has 0 aliphatic carbocycles. The van der Waals surface area contributed by atoms with Gasteiger partial charge in [-0.2, -0.15) is 5.26 Å². The number of aryl methyl sites for hydroxylation is 1. The van der Waals surface area contributed by atoms with Gasteiger partial charge in [0, 0.05) is 28.4 Å². The van der Waals surface area contributed by atoms with Crippen LogP contribution in [0.5, 0.6) is 0 Å². The molecule has 20 heavy (non-hydrogen) atoms. The van der Waals surface area contributed by atoms with Crippen molar-refractivity contribution in [1.29, 1.82) is 5.26 Å². The summed E-state index contributed by atoms with van der Waals surface area (Å²) < 4.78 is 0. The van der Waals surface area contributed by atoms with Gasteiger partial charge in [0.2, 0.25) is 0 Å². The van der Waals surface area contributed by atoms with Crippen LogP contribution in [0.4, 0.5) is 11.4 Å². The first-order chi connectivity index (χ1) is 9.63. The zero-order valence-electron chi connectivity index (χ0n) is 10.9. The molecule has 2 aromatic rings. The minimum atomic E-state index is -0.503. The number of nitro groups is 1. The van der Waals surface area contributed by atoms with E-state index in [-0.39, 0.29) is 11.3 Å². The molecule has 1 aromatic heterocycles. The van der Waals surface area contributed by atoms with Gasteiger partial charge in [-0.3, -0.25) is 10.1 Å². The number of rotatable bonds is 5. The lowest BCUT2D eigenvalue weighted by Crippen LogP contribution is -2.00. The number of benzene rings is 1. The fourth-order valence-corrected chi connectivity index (χ4v) is 2.68. The molecule has 0 atom stereocenters. The van der Waals surface area contributed by atoms with Crippen molar-refractivity contribution in [3.8, 4) is 6.07 Å². The Morgan fingerprint density at radius 1 is 1.35 bits per heavy atom. The third-order valence-electron chi connectivity index (χ3n) is 2.85. The highest BCUT2D eigenvalue weighted by molar-refractivity contribution is 7.12. The summed E-state index contributed by atoms with van der Waals surface area (Å²) in [6.45, 7) is 2.71. The molecule has 0 aliphatic rings. The number of hydrogen-bond acceptors (Lipinski definition) is 5. The topological polar surface area (TPSA) is 79.0 Å². The molecule has 1 N–H and O–H groups in total. The first-order valence-corrected chi connectivity index (χ1v) is 6.95. The van der Waals surface area contributed by atoms with Crippen molar-refractivity contribution in [3.05, 3.63) is 55.8 Å². The van der Waals surface area contributed by atoms with E-state index in [1.54, 1.807) is 17.4 Å². The Kier molecular flexibility index (Phi) is 4.33. The molecule has 6 heteroatoms. The highest BCUT2D eigenvalue weighted by Gasteiger charge is 2.10. The smallest absolute Gasteiger partial charge is 0.270 e. The molecule has 0 amide bonds. The van der Waals surface area contributed by atoms with Crippen LogP contribution in [0.2, 0.25) is 0 Å². The first kappa shape index (κ1) is 14.0. The number of hydrogen-bond donors (Lipinski definition) is 1. The van der Waals surface area contributed by atoms with Crippen LogP contribution in [0.15, 0.2) is 30.3 Å². The predicted octanol–water partition coefficient (Wildman–Crippen LogP) is 3.70. The van der Waals surface area contributed by atoms with Gasteiger partial charge >= 0.3 is 0 Å². The molecule has 0 aliphatic heterocycles. The van der Waals surface area contributed by atoms with Crippen LogP contribution in [0.3, 0.4) is 0 Å². The summed E-state index contributed by atoms with van der Waals surface area (Å²) in [6.07, 6.45) is 1.01. The van der Waals surface area contributed by atoms with Crippen LogP contribution in [0.25, 0.3) is 0 Å². The Hall–Kier alpha value is -2.39. The number of nitro benzene ring substituents is 1. The number of nitrogens with one attached hydrogen (secondary N) is 1. The van der Waals surface area contributed by atoms with E-state index in [4.69, 9.17) is 5.26 Å². The molecule has 0 saturated carbocycles. The Bertz CT molecular complexity index is 673. The summed E-state index contributed by atoms with van der Waals surface area (Å²) in [7, 11) is 0. The van der Waals surface area contributed by atoms with E-state index in [0.29, 0.717) is 12.2 Å². The van der Waals surface area contributed by atoms with Crippen molar-refractivity contribution in [3.63, 3.8) is 0 Å². The summed E-state index contributed by atoms with van der Waals surface area (Å²) in [5.41, 5.74) is 0.826. The van der Waals surface area contributed by atoms with Crippen molar-refractivity contribution in [2.24, 2.45) is 0 Å². The van der Waals surface area contributed by atoms with E-state index in [1.165, 1.54) is 21.9 Å². The van der Waals surface area contributed by atoms with E-state index >= 15 is 0 Å². The molecule has 0 fully saturated rings. The fourth-order valence-electron chi connectivity index (χ4n) is 1.78. The minimum absolute atomic E-state index is 0.0727. The molecular formula is C14H13N3O2S. The second-order valence-electron chi connectivity index (χ2n) is 4.17. The van der Waals surface area contributed by atoms with E-state index in [9.17, 15) is 10.1 Å². The summed E-state index contributed by atoms with van der Waals surface area (Å²) in [6, 6.07) is 10.4. The zero-order valence-corrected chi connectivity index (χ0v) is 11.7. The number of non-ortho nitro benzene ring substituents is 1. The fraction of sp³-hybridized carbons (Fsp3) is 0.214. The van der Waals surface area contributed by atoms with Gasteiger partial charge in [-0.25, -0.2) is 0 Å². The van der Waals surface area contributed by atoms with Gasteiger partial charge in [-0.1, -0.05) is 6.92 Å². The minimum Gasteiger partial charge on any atom is -0.379 e. The second kappa shape index (κ2) is 6.17. The number of nitriles is 1. The molecule has 0 unspecified atom stereocenters. The van der Waals surface area contributed by atoms with Gasteiger partial charge in [-0.15, -0.1) is 11.3 Å². The number of anilines is 1. The van der Waals surface area contributed by atoms with Crippen molar-refractivity contribution < 1.29 is 4.92 Å². The molecule has 5 nitrogen and oxygen atoms in total. The average molecular weight is 287 g/mol. The maximum atomic E-state index is 10.7. The summed E-state index contributed by atoms with van der Waals surface area (Å²) in [5, 5.41) is 22.9. The van der Waals surface area contributed by atoms with Crippen LogP contribution < -0.4 is 5.32 Å². The van der Waals surface area contributed by atoms with Crippen LogP contribution in [0, 0.1) is 21.4 Å². The third kappa shape index (κ3) is 3.13. The normalized spacial score (nSPS) is 10.0. The summed E-state index contributed by atoms with van der Waals surface area (Å²) >= 11 is 1.72. The monoisotopic (exact) mass is 287 g/mol. The quantitative estimate of drug-likeness (QED) is 0.671. The lowest BCUT2D eigenvalue weighted by Gasteiger charge is -2.06. The molecule has 0 bridgehead atoms. The van der Waals surface area contributed by atoms with Crippen LogP contribution in [-0.2, 0) is 13.0 Å². The van der Waals surface area contributed by atoms with E-state index in [1.807, 2.05) is 12.1 Å². The van der Waals surface area contributed by atoms with Crippen molar-refractivity contribution in [2.45, 2.75) is 19.9 Å². The lowest BCUT2D eigenvalue weighted by atomic mass is 10.1. The Labute approximate surface area is 120 Å². The van der Waals surface area contributed by atoms with E-state index < -0.39 is 4.92 Å². The zero-order chi connectivity index (χ0) is 14.5. The highest BCUT2D eigenvalue weighted by atomic mass is 32.1. The predicted molar refractivity (Wildman–Crippen MR) is 78.8 cm³/mol. The van der Waals surface area contributed by atoms with E-state index in [0.717, 1.165) is 6.42 Å². The molecule has 1 heterocycles. The average Bonchev–Trinajstić information content (AvgIpc) is 2.92. The Morgan fingerprint density at radius 2 is 2.10 bits per heavy atom. The number of thiophene rings is 1. The first-order valence-electron chi connectivity index (χ1n) is 6.14. The molecule has 0 saturated heterocycles. The lowest BCUT2D eigenvalue weighted by molar-refractivity contribution is -0.384. The van der Waals surface area contributed by atoms with Crippen molar-refractivity contribution in [1.82, 2.24) is 0 Å². The Morgan fingerprint density at radius 3 is 2.70 bits per heavy atom. The van der Waals surface area contributed by atoms with Crippen LogP contribution >= 0.6 is 11.3 Å². The van der Waals surface area contributed by atoms with Gasteiger partial charge in [0.1, 0.15) is 6.07 Å². The van der Waals surface area contributed by atoms with Gasteiger partial charge in [0.25, 0.3) is 5.69 Å². The summed E-state index contributed by atoms with van der Waals surface area (Å²) in [4.78, 5) is 12.7. The molecule has 0 spiro atoms. The number of nitrogens with zero attached hydrogens (tertiary/aromatic N) is 2.